The highest BCUT2D eigenvalue weighted by atomic mass is 16.5. The molecule has 0 radical (unpaired) electrons. The van der Waals surface area contributed by atoms with E-state index in [1.807, 2.05) is 58.0 Å². The Hall–Kier alpha value is -2.49. The second-order valence-electron chi connectivity index (χ2n) is 6.02. The van der Waals surface area contributed by atoms with Gasteiger partial charge in [-0.25, -0.2) is 0 Å². The molecule has 4 heteroatoms. The topological polar surface area (TPSA) is 47.6 Å². The molecule has 128 valence electrons. The van der Waals surface area contributed by atoms with Crippen LogP contribution >= 0.6 is 0 Å². The van der Waals surface area contributed by atoms with Gasteiger partial charge < -0.3 is 14.8 Å². The number of aryl methyl sites for hydroxylation is 2. The van der Waals surface area contributed by atoms with Crippen LogP contribution in [-0.2, 0) is 4.79 Å². The predicted octanol–water partition coefficient (Wildman–Crippen LogP) is 3.88. The number of ether oxygens (including phenoxy) is 2. The fourth-order valence-corrected chi connectivity index (χ4v) is 2.68. The highest BCUT2D eigenvalue weighted by molar-refractivity contribution is 5.78. The van der Waals surface area contributed by atoms with Gasteiger partial charge in [-0.2, -0.15) is 0 Å². The quantitative estimate of drug-likeness (QED) is 0.876. The van der Waals surface area contributed by atoms with Crippen LogP contribution in [0.5, 0.6) is 11.5 Å². The molecule has 1 amide bonds. The smallest absolute Gasteiger partial charge is 0.258 e. The molecule has 0 saturated heterocycles. The van der Waals surface area contributed by atoms with Crippen molar-refractivity contribution >= 4 is 5.91 Å². The molecular weight excluding hydrogens is 302 g/mol. The molecule has 0 fully saturated rings. The molecule has 0 heterocycles. The van der Waals surface area contributed by atoms with Crippen LogP contribution < -0.4 is 14.8 Å². The zero-order chi connectivity index (χ0) is 17.7. The van der Waals surface area contributed by atoms with E-state index in [0.29, 0.717) is 0 Å². The van der Waals surface area contributed by atoms with Crippen molar-refractivity contribution in [3.8, 4) is 11.5 Å². The van der Waals surface area contributed by atoms with Gasteiger partial charge in [0.05, 0.1) is 13.2 Å². The van der Waals surface area contributed by atoms with Gasteiger partial charge in [-0.3, -0.25) is 4.79 Å². The Labute approximate surface area is 143 Å². The van der Waals surface area contributed by atoms with Crippen LogP contribution in [0.2, 0.25) is 0 Å². The Morgan fingerprint density at radius 1 is 1.12 bits per heavy atom. The fourth-order valence-electron chi connectivity index (χ4n) is 2.68. The first-order valence-electron chi connectivity index (χ1n) is 8.05. The van der Waals surface area contributed by atoms with Gasteiger partial charge in [0.1, 0.15) is 11.5 Å². The number of nitrogens with one attached hydrogen (secondary N) is 1. The van der Waals surface area contributed by atoms with Crippen LogP contribution in [0, 0.1) is 20.8 Å². The minimum atomic E-state index is -0.160. The highest BCUT2D eigenvalue weighted by Crippen LogP contribution is 2.25. The summed E-state index contributed by atoms with van der Waals surface area (Å²) in [5.41, 5.74) is 4.28. The Morgan fingerprint density at radius 3 is 2.54 bits per heavy atom. The molecule has 0 bridgehead atoms. The minimum Gasteiger partial charge on any atom is -0.496 e. The number of para-hydroxylation sites is 1. The lowest BCUT2D eigenvalue weighted by Crippen LogP contribution is -2.31. The monoisotopic (exact) mass is 327 g/mol. The van der Waals surface area contributed by atoms with Gasteiger partial charge in [-0.15, -0.1) is 0 Å². The first kappa shape index (κ1) is 17.9. The van der Waals surface area contributed by atoms with E-state index in [4.69, 9.17) is 9.47 Å². The summed E-state index contributed by atoms with van der Waals surface area (Å²) >= 11 is 0. The summed E-state index contributed by atoms with van der Waals surface area (Å²) in [6.45, 7) is 7.97. The molecule has 0 spiro atoms. The maximum absolute atomic E-state index is 12.2. The SMILES string of the molecule is COc1ccccc1[C@H](C)NC(=O)COc1cc(C)cc(C)c1C. The molecule has 0 aliphatic rings. The van der Waals surface area contributed by atoms with Crippen molar-refractivity contribution in [3.05, 3.63) is 58.7 Å². The van der Waals surface area contributed by atoms with Gasteiger partial charge in [0.25, 0.3) is 5.91 Å². The minimum absolute atomic E-state index is 0.0107. The Morgan fingerprint density at radius 2 is 1.83 bits per heavy atom. The van der Waals surface area contributed by atoms with Gasteiger partial charge in [-0.1, -0.05) is 24.3 Å². The number of hydrogen-bond acceptors (Lipinski definition) is 3. The number of carbonyl (C=O) groups is 1. The fraction of sp³-hybridized carbons (Fsp3) is 0.350. The number of carbonyl (C=O) groups excluding carboxylic acids is 1. The van der Waals surface area contributed by atoms with E-state index >= 15 is 0 Å². The lowest BCUT2D eigenvalue weighted by atomic mass is 10.1. The summed E-state index contributed by atoms with van der Waals surface area (Å²) in [6.07, 6.45) is 0. The third-order valence-electron chi connectivity index (χ3n) is 4.11. The zero-order valence-corrected chi connectivity index (χ0v) is 15.0. The summed E-state index contributed by atoms with van der Waals surface area (Å²) in [5.74, 6) is 1.36. The number of methoxy groups -OCH3 is 1. The molecule has 24 heavy (non-hydrogen) atoms. The average Bonchev–Trinajstić information content (AvgIpc) is 2.56. The summed E-state index contributed by atoms with van der Waals surface area (Å²) < 4.78 is 11.0. The van der Waals surface area contributed by atoms with E-state index in [1.165, 1.54) is 0 Å². The Balaban J connectivity index is 1.99. The lowest BCUT2D eigenvalue weighted by molar-refractivity contribution is -0.123. The molecule has 0 aliphatic heterocycles. The van der Waals surface area contributed by atoms with Gasteiger partial charge in [-0.05, 0) is 56.5 Å². The highest BCUT2D eigenvalue weighted by Gasteiger charge is 2.14. The number of rotatable bonds is 6. The van der Waals surface area contributed by atoms with E-state index < -0.39 is 0 Å². The maximum Gasteiger partial charge on any atom is 0.258 e. The predicted molar refractivity (Wildman–Crippen MR) is 95.7 cm³/mol. The van der Waals surface area contributed by atoms with Crippen molar-refractivity contribution in [2.45, 2.75) is 33.7 Å². The first-order chi connectivity index (χ1) is 11.4. The van der Waals surface area contributed by atoms with Crippen molar-refractivity contribution in [1.29, 1.82) is 0 Å². The third-order valence-corrected chi connectivity index (χ3v) is 4.11. The molecule has 4 nitrogen and oxygen atoms in total. The van der Waals surface area contributed by atoms with E-state index in [9.17, 15) is 4.79 Å². The standard InChI is InChI=1S/C20H25NO3/c1-13-10-14(2)15(3)19(11-13)24-12-20(22)21-16(4)17-8-6-7-9-18(17)23-5/h6-11,16H,12H2,1-5H3,(H,21,22)/t16-/m0/s1. The first-order valence-corrected chi connectivity index (χ1v) is 8.05. The normalized spacial score (nSPS) is 11.7. The molecular formula is C20H25NO3. The summed E-state index contributed by atoms with van der Waals surface area (Å²) in [4.78, 5) is 12.2. The molecule has 0 unspecified atom stereocenters. The van der Waals surface area contributed by atoms with Crippen molar-refractivity contribution in [2.75, 3.05) is 13.7 Å². The molecule has 2 aromatic rings. The van der Waals surface area contributed by atoms with Gasteiger partial charge in [0, 0.05) is 5.56 Å². The van der Waals surface area contributed by atoms with Crippen LogP contribution in [0.4, 0.5) is 0 Å². The number of hydrogen-bond donors (Lipinski definition) is 1. The second kappa shape index (κ2) is 7.86. The summed E-state index contributed by atoms with van der Waals surface area (Å²) in [5, 5.41) is 2.95. The van der Waals surface area contributed by atoms with Crippen molar-refractivity contribution in [2.24, 2.45) is 0 Å². The van der Waals surface area contributed by atoms with Crippen LogP contribution in [0.25, 0.3) is 0 Å². The largest absolute Gasteiger partial charge is 0.496 e. The molecule has 2 aromatic carbocycles. The molecule has 0 aromatic heterocycles. The van der Waals surface area contributed by atoms with E-state index in [-0.39, 0.29) is 18.6 Å². The van der Waals surface area contributed by atoms with Gasteiger partial charge >= 0.3 is 0 Å². The van der Waals surface area contributed by atoms with E-state index in [1.54, 1.807) is 7.11 Å². The average molecular weight is 327 g/mol. The van der Waals surface area contributed by atoms with E-state index in [2.05, 4.69) is 11.4 Å². The van der Waals surface area contributed by atoms with Crippen molar-refractivity contribution in [3.63, 3.8) is 0 Å². The second-order valence-corrected chi connectivity index (χ2v) is 6.02. The van der Waals surface area contributed by atoms with Gasteiger partial charge in [0.15, 0.2) is 6.61 Å². The number of amides is 1. The molecule has 0 saturated carbocycles. The van der Waals surface area contributed by atoms with E-state index in [0.717, 1.165) is 33.8 Å². The summed E-state index contributed by atoms with van der Waals surface area (Å²) in [6, 6.07) is 11.6. The van der Waals surface area contributed by atoms with Crippen molar-refractivity contribution < 1.29 is 14.3 Å². The Kier molecular flexibility index (Phi) is 5.85. The summed E-state index contributed by atoms with van der Waals surface area (Å²) in [7, 11) is 1.62. The maximum atomic E-state index is 12.2. The van der Waals surface area contributed by atoms with Crippen molar-refractivity contribution in [1.82, 2.24) is 5.32 Å². The molecule has 0 aliphatic carbocycles. The Bertz CT molecular complexity index is 725. The molecule has 1 atom stereocenters. The number of benzene rings is 2. The van der Waals surface area contributed by atoms with Gasteiger partial charge in [0.2, 0.25) is 0 Å². The molecule has 1 N–H and O–H groups in total. The van der Waals surface area contributed by atoms with Crippen LogP contribution in [0.3, 0.4) is 0 Å². The van der Waals surface area contributed by atoms with Crippen LogP contribution in [-0.4, -0.2) is 19.6 Å². The third kappa shape index (κ3) is 4.28. The molecule has 2 rings (SSSR count). The van der Waals surface area contributed by atoms with Crippen LogP contribution in [0.15, 0.2) is 36.4 Å². The van der Waals surface area contributed by atoms with Crippen LogP contribution in [0.1, 0.15) is 35.2 Å². The zero-order valence-electron chi connectivity index (χ0n) is 15.0. The lowest BCUT2D eigenvalue weighted by Gasteiger charge is -2.18.